The molecule has 0 unspecified atom stereocenters. The molecule has 21 heavy (non-hydrogen) atoms. The number of nitrogens with one attached hydrogen (secondary N) is 1. The lowest BCUT2D eigenvalue weighted by Gasteiger charge is -2.14. The van der Waals surface area contributed by atoms with E-state index < -0.39 is 0 Å². The van der Waals surface area contributed by atoms with Crippen LogP contribution in [0.1, 0.15) is 18.1 Å². The van der Waals surface area contributed by atoms with Crippen molar-refractivity contribution in [1.82, 2.24) is 0 Å². The fourth-order valence-electron chi connectivity index (χ4n) is 1.94. The van der Waals surface area contributed by atoms with Crippen LogP contribution in [0.3, 0.4) is 0 Å². The van der Waals surface area contributed by atoms with Gasteiger partial charge in [0.1, 0.15) is 23.2 Å². The summed E-state index contributed by atoms with van der Waals surface area (Å²) in [5, 5.41) is 7.76. The summed E-state index contributed by atoms with van der Waals surface area (Å²) in [4.78, 5) is 0.904. The molecule has 0 aliphatic rings. The highest BCUT2D eigenvalue weighted by molar-refractivity contribution is 7.99. The van der Waals surface area contributed by atoms with E-state index >= 15 is 0 Å². The van der Waals surface area contributed by atoms with E-state index in [1.807, 2.05) is 19.1 Å². The van der Waals surface area contributed by atoms with Crippen molar-refractivity contribution in [2.24, 2.45) is 5.73 Å². The first-order chi connectivity index (χ1) is 10.0. The van der Waals surface area contributed by atoms with Crippen LogP contribution in [0.25, 0.3) is 0 Å². The second-order valence-corrected chi connectivity index (χ2v) is 5.79. The Morgan fingerprint density at radius 1 is 1.33 bits per heavy atom. The van der Waals surface area contributed by atoms with Crippen molar-refractivity contribution in [2.45, 2.75) is 18.7 Å². The average molecular weight is 304 g/mol. The van der Waals surface area contributed by atoms with E-state index in [1.54, 1.807) is 36.9 Å². The van der Waals surface area contributed by atoms with Crippen LogP contribution in [0, 0.1) is 18.2 Å². The van der Waals surface area contributed by atoms with Gasteiger partial charge in [0.05, 0.1) is 5.56 Å². The van der Waals surface area contributed by atoms with Crippen LogP contribution in [-0.4, -0.2) is 11.6 Å². The summed E-state index contributed by atoms with van der Waals surface area (Å²) in [6.07, 6.45) is 0. The highest BCUT2D eigenvalue weighted by Gasteiger charge is 2.13. The van der Waals surface area contributed by atoms with Crippen LogP contribution in [0.2, 0.25) is 0 Å². The van der Waals surface area contributed by atoms with Crippen molar-refractivity contribution < 1.29 is 9.13 Å². The second-order valence-electron chi connectivity index (χ2n) is 4.49. The van der Waals surface area contributed by atoms with E-state index in [1.165, 1.54) is 6.07 Å². The maximum atomic E-state index is 13.3. The number of thioether (sulfide) groups is 1. The van der Waals surface area contributed by atoms with Crippen molar-refractivity contribution in [3.8, 4) is 11.5 Å². The van der Waals surface area contributed by atoms with Gasteiger partial charge in [-0.25, -0.2) is 4.39 Å². The van der Waals surface area contributed by atoms with Crippen molar-refractivity contribution >= 4 is 17.6 Å². The first kappa shape index (κ1) is 15.4. The molecule has 0 saturated carbocycles. The number of amidine groups is 1. The number of hydrogen-bond donors (Lipinski definition) is 2. The van der Waals surface area contributed by atoms with Gasteiger partial charge in [0.15, 0.2) is 0 Å². The molecular formula is C16H17FN2OS. The molecule has 0 fully saturated rings. The van der Waals surface area contributed by atoms with Gasteiger partial charge in [0, 0.05) is 4.90 Å². The summed E-state index contributed by atoms with van der Waals surface area (Å²) in [6, 6.07) is 10.1. The molecule has 0 spiro atoms. The molecule has 0 atom stereocenters. The lowest BCUT2D eigenvalue weighted by molar-refractivity contribution is 0.477. The molecule has 0 amide bonds. The minimum Gasteiger partial charge on any atom is -0.457 e. The molecule has 3 N–H and O–H groups in total. The number of benzene rings is 2. The molecule has 0 aliphatic heterocycles. The number of halogens is 1. The van der Waals surface area contributed by atoms with E-state index in [-0.39, 0.29) is 11.7 Å². The van der Waals surface area contributed by atoms with Gasteiger partial charge in [-0.15, -0.1) is 11.8 Å². The summed E-state index contributed by atoms with van der Waals surface area (Å²) < 4.78 is 19.1. The summed E-state index contributed by atoms with van der Waals surface area (Å²) in [6.45, 7) is 3.71. The zero-order valence-electron chi connectivity index (χ0n) is 11.9. The normalized spacial score (nSPS) is 10.4. The van der Waals surface area contributed by atoms with Crippen molar-refractivity contribution in [3.05, 3.63) is 53.3 Å². The quantitative estimate of drug-likeness (QED) is 0.491. The van der Waals surface area contributed by atoms with Crippen molar-refractivity contribution in [3.63, 3.8) is 0 Å². The van der Waals surface area contributed by atoms with E-state index in [2.05, 4.69) is 0 Å². The Labute approximate surface area is 127 Å². The molecule has 0 saturated heterocycles. The molecule has 2 aromatic rings. The maximum absolute atomic E-state index is 13.3. The van der Waals surface area contributed by atoms with Crippen LogP contribution in [0.4, 0.5) is 4.39 Å². The Bertz CT molecular complexity index is 673. The molecule has 0 bridgehead atoms. The SMILES string of the molecule is CCSc1cccc(Oc2ccc(F)c(C)c2)c1C(=N)N. The Morgan fingerprint density at radius 3 is 2.71 bits per heavy atom. The van der Waals surface area contributed by atoms with Gasteiger partial charge in [0.2, 0.25) is 0 Å². The molecule has 0 aliphatic carbocycles. The number of nitrogens with two attached hydrogens (primary N) is 1. The highest BCUT2D eigenvalue weighted by Crippen LogP contribution is 2.33. The van der Waals surface area contributed by atoms with Crippen LogP contribution < -0.4 is 10.5 Å². The van der Waals surface area contributed by atoms with Crippen molar-refractivity contribution in [1.29, 1.82) is 5.41 Å². The number of hydrogen-bond acceptors (Lipinski definition) is 3. The van der Waals surface area contributed by atoms with Gasteiger partial charge in [0.25, 0.3) is 0 Å². The van der Waals surface area contributed by atoms with Gasteiger partial charge in [-0.05, 0) is 48.6 Å². The molecule has 0 aromatic heterocycles. The third-order valence-corrected chi connectivity index (χ3v) is 3.85. The number of rotatable bonds is 5. The first-order valence-corrected chi connectivity index (χ1v) is 7.55. The third kappa shape index (κ3) is 3.55. The van der Waals surface area contributed by atoms with Crippen LogP contribution in [-0.2, 0) is 0 Å². The standard InChI is InChI=1S/C16H17FN2OS/c1-3-21-14-6-4-5-13(15(14)16(18)19)20-11-7-8-12(17)10(2)9-11/h4-9H,3H2,1-2H3,(H3,18,19). The molecule has 3 nitrogen and oxygen atoms in total. The molecule has 0 radical (unpaired) electrons. The summed E-state index contributed by atoms with van der Waals surface area (Å²) in [5.74, 6) is 1.59. The van der Waals surface area contributed by atoms with Gasteiger partial charge in [-0.1, -0.05) is 13.0 Å². The Hall–Kier alpha value is -2.01. The first-order valence-electron chi connectivity index (χ1n) is 6.57. The number of ether oxygens (including phenoxy) is 1. The second kappa shape index (κ2) is 6.63. The number of aryl methyl sites for hydroxylation is 1. The molecule has 2 aromatic carbocycles. The lowest BCUT2D eigenvalue weighted by Crippen LogP contribution is -2.13. The fourth-order valence-corrected chi connectivity index (χ4v) is 2.79. The van der Waals surface area contributed by atoms with E-state index in [9.17, 15) is 4.39 Å². The van der Waals surface area contributed by atoms with Gasteiger partial charge >= 0.3 is 0 Å². The molecular weight excluding hydrogens is 287 g/mol. The molecule has 110 valence electrons. The molecule has 5 heteroatoms. The Morgan fingerprint density at radius 2 is 2.10 bits per heavy atom. The Balaban J connectivity index is 2.41. The summed E-state index contributed by atoms with van der Waals surface area (Å²) in [7, 11) is 0. The van der Waals surface area contributed by atoms with Gasteiger partial charge < -0.3 is 10.5 Å². The fraction of sp³-hybridized carbons (Fsp3) is 0.188. The largest absolute Gasteiger partial charge is 0.457 e. The monoisotopic (exact) mass is 304 g/mol. The zero-order valence-corrected chi connectivity index (χ0v) is 12.8. The summed E-state index contributed by atoms with van der Waals surface area (Å²) >= 11 is 1.60. The highest BCUT2D eigenvalue weighted by atomic mass is 32.2. The van der Waals surface area contributed by atoms with E-state index in [4.69, 9.17) is 15.9 Å². The van der Waals surface area contributed by atoms with Crippen LogP contribution >= 0.6 is 11.8 Å². The minimum absolute atomic E-state index is 0.0413. The van der Waals surface area contributed by atoms with Crippen molar-refractivity contribution in [2.75, 3.05) is 5.75 Å². The molecule has 2 rings (SSSR count). The zero-order chi connectivity index (χ0) is 15.4. The predicted molar refractivity (Wildman–Crippen MR) is 85.1 cm³/mol. The van der Waals surface area contributed by atoms with Gasteiger partial charge in [-0.2, -0.15) is 0 Å². The van der Waals surface area contributed by atoms with Gasteiger partial charge in [-0.3, -0.25) is 5.41 Å². The molecule has 0 heterocycles. The average Bonchev–Trinajstić information content (AvgIpc) is 2.43. The van der Waals surface area contributed by atoms with Crippen LogP contribution in [0.15, 0.2) is 41.3 Å². The minimum atomic E-state index is -0.274. The third-order valence-electron chi connectivity index (χ3n) is 2.91. The van der Waals surface area contributed by atoms with E-state index in [0.29, 0.717) is 22.6 Å². The van der Waals surface area contributed by atoms with Crippen LogP contribution in [0.5, 0.6) is 11.5 Å². The Kier molecular flexibility index (Phi) is 4.85. The number of nitrogen functional groups attached to an aromatic ring is 1. The van der Waals surface area contributed by atoms with E-state index in [0.717, 1.165) is 10.6 Å². The lowest BCUT2D eigenvalue weighted by atomic mass is 10.1. The maximum Gasteiger partial charge on any atom is 0.139 e. The predicted octanol–water partition coefficient (Wildman–Crippen LogP) is 4.32. The topological polar surface area (TPSA) is 59.1 Å². The summed E-state index contributed by atoms with van der Waals surface area (Å²) in [5.41, 5.74) is 6.77. The smallest absolute Gasteiger partial charge is 0.139 e.